The van der Waals surface area contributed by atoms with E-state index in [0.717, 1.165) is 24.3 Å². The normalized spacial score (nSPS) is 17.0. The fourth-order valence-electron chi connectivity index (χ4n) is 3.06. The molecule has 1 atom stereocenters. The maximum Gasteiger partial charge on any atom is 0.274 e. The number of halogens is 2. The molecule has 3 heterocycles. The Labute approximate surface area is 143 Å². The number of fused-ring (bicyclic) bond motifs is 1. The first-order valence-electron chi connectivity index (χ1n) is 7.81. The molecule has 3 aromatic rings. The molecule has 7 heteroatoms. The van der Waals surface area contributed by atoms with Crippen molar-refractivity contribution in [3.05, 3.63) is 58.3 Å². The standard InChI is InChI=1S/C17H16ClFN4O/c1-10-14-4-5-15(23(14)7-6-20-10)17-21-16(22-24-17)8-11-2-3-12(19)9-13(11)18/h2-5,9-10,20H,6-8H2,1H3. The molecule has 4 rings (SSSR count). The van der Waals surface area contributed by atoms with Crippen LogP contribution in [0.15, 0.2) is 34.9 Å². The van der Waals surface area contributed by atoms with E-state index in [-0.39, 0.29) is 5.82 Å². The van der Waals surface area contributed by atoms with Crippen LogP contribution in [0.3, 0.4) is 0 Å². The van der Waals surface area contributed by atoms with Crippen LogP contribution in [0.25, 0.3) is 11.6 Å². The largest absolute Gasteiger partial charge is 0.338 e. The number of nitrogens with one attached hydrogen (secondary N) is 1. The summed E-state index contributed by atoms with van der Waals surface area (Å²) in [5.74, 6) is 0.653. The molecule has 0 bridgehead atoms. The van der Waals surface area contributed by atoms with Crippen LogP contribution in [0.5, 0.6) is 0 Å². The minimum Gasteiger partial charge on any atom is -0.338 e. The van der Waals surface area contributed by atoms with Gasteiger partial charge in [-0.1, -0.05) is 22.8 Å². The molecule has 1 aliphatic heterocycles. The van der Waals surface area contributed by atoms with Crippen molar-refractivity contribution < 1.29 is 8.91 Å². The van der Waals surface area contributed by atoms with Gasteiger partial charge in [0.05, 0.1) is 0 Å². The Morgan fingerprint density at radius 2 is 2.25 bits per heavy atom. The molecular weight excluding hydrogens is 331 g/mol. The predicted octanol–water partition coefficient (Wildman–Crippen LogP) is 3.59. The Morgan fingerprint density at radius 1 is 1.38 bits per heavy atom. The number of hydrogen-bond donors (Lipinski definition) is 1. The van der Waals surface area contributed by atoms with Gasteiger partial charge in [-0.25, -0.2) is 4.39 Å². The Morgan fingerprint density at radius 3 is 3.08 bits per heavy atom. The second kappa shape index (κ2) is 6.03. The Bertz CT molecular complexity index is 889. The summed E-state index contributed by atoms with van der Waals surface area (Å²) in [5.41, 5.74) is 2.89. The molecule has 1 N–H and O–H groups in total. The minimum atomic E-state index is -0.361. The fourth-order valence-corrected chi connectivity index (χ4v) is 3.29. The van der Waals surface area contributed by atoms with E-state index in [1.807, 2.05) is 6.07 Å². The van der Waals surface area contributed by atoms with Gasteiger partial charge in [-0.2, -0.15) is 4.98 Å². The summed E-state index contributed by atoms with van der Waals surface area (Å²) >= 11 is 6.06. The van der Waals surface area contributed by atoms with Crippen LogP contribution in [0.1, 0.15) is 30.0 Å². The van der Waals surface area contributed by atoms with E-state index in [9.17, 15) is 4.39 Å². The molecule has 0 spiro atoms. The van der Waals surface area contributed by atoms with Crippen molar-refractivity contribution in [2.24, 2.45) is 0 Å². The number of aromatic nitrogens is 3. The van der Waals surface area contributed by atoms with Crippen molar-refractivity contribution in [2.75, 3.05) is 6.54 Å². The molecule has 1 unspecified atom stereocenters. The second-order valence-corrected chi connectivity index (χ2v) is 6.31. The average Bonchev–Trinajstić information content (AvgIpc) is 3.17. The maximum atomic E-state index is 13.1. The Kier molecular flexibility index (Phi) is 3.86. The van der Waals surface area contributed by atoms with Gasteiger partial charge in [0, 0.05) is 36.3 Å². The molecule has 0 fully saturated rings. The summed E-state index contributed by atoms with van der Waals surface area (Å²) in [5, 5.41) is 7.81. The van der Waals surface area contributed by atoms with Gasteiger partial charge in [0.15, 0.2) is 5.82 Å². The molecule has 0 amide bonds. The van der Waals surface area contributed by atoms with Crippen LogP contribution in [-0.2, 0) is 13.0 Å². The third-order valence-electron chi connectivity index (χ3n) is 4.29. The highest BCUT2D eigenvalue weighted by molar-refractivity contribution is 6.31. The highest BCUT2D eigenvalue weighted by atomic mass is 35.5. The zero-order chi connectivity index (χ0) is 16.7. The van der Waals surface area contributed by atoms with E-state index in [1.165, 1.54) is 17.8 Å². The summed E-state index contributed by atoms with van der Waals surface area (Å²) < 4.78 is 20.8. The highest BCUT2D eigenvalue weighted by Crippen LogP contribution is 2.27. The zero-order valence-corrected chi connectivity index (χ0v) is 13.8. The third-order valence-corrected chi connectivity index (χ3v) is 4.65. The predicted molar refractivity (Wildman–Crippen MR) is 88.4 cm³/mol. The topological polar surface area (TPSA) is 55.9 Å². The van der Waals surface area contributed by atoms with Gasteiger partial charge in [0.1, 0.15) is 11.5 Å². The van der Waals surface area contributed by atoms with E-state index in [4.69, 9.17) is 16.1 Å². The molecule has 24 heavy (non-hydrogen) atoms. The van der Waals surface area contributed by atoms with Crippen molar-refractivity contribution in [2.45, 2.75) is 25.9 Å². The lowest BCUT2D eigenvalue weighted by Gasteiger charge is -2.24. The van der Waals surface area contributed by atoms with E-state index >= 15 is 0 Å². The lowest BCUT2D eigenvalue weighted by atomic mass is 10.1. The molecule has 0 saturated carbocycles. The third kappa shape index (κ3) is 2.72. The van der Waals surface area contributed by atoms with Crippen LogP contribution < -0.4 is 5.32 Å². The fraction of sp³-hybridized carbons (Fsp3) is 0.294. The van der Waals surface area contributed by atoms with E-state index in [0.29, 0.717) is 29.2 Å². The number of benzene rings is 1. The van der Waals surface area contributed by atoms with Crippen molar-refractivity contribution in [1.82, 2.24) is 20.0 Å². The highest BCUT2D eigenvalue weighted by Gasteiger charge is 2.22. The summed E-state index contributed by atoms with van der Waals surface area (Å²) in [6.45, 7) is 3.90. The van der Waals surface area contributed by atoms with Gasteiger partial charge in [-0.15, -0.1) is 0 Å². The monoisotopic (exact) mass is 346 g/mol. The summed E-state index contributed by atoms with van der Waals surface area (Å²) in [6, 6.07) is 8.68. The van der Waals surface area contributed by atoms with Gasteiger partial charge in [-0.3, -0.25) is 0 Å². The smallest absolute Gasteiger partial charge is 0.274 e. The average molecular weight is 347 g/mol. The summed E-state index contributed by atoms with van der Waals surface area (Å²) in [6.07, 6.45) is 0.397. The van der Waals surface area contributed by atoms with Crippen LogP contribution in [-0.4, -0.2) is 21.3 Å². The molecule has 2 aromatic heterocycles. The quantitative estimate of drug-likeness (QED) is 0.787. The summed E-state index contributed by atoms with van der Waals surface area (Å²) in [4.78, 5) is 4.47. The molecule has 0 radical (unpaired) electrons. The van der Waals surface area contributed by atoms with Gasteiger partial charge in [0.25, 0.3) is 5.89 Å². The first-order chi connectivity index (χ1) is 11.6. The molecule has 5 nitrogen and oxygen atoms in total. The van der Waals surface area contributed by atoms with Crippen molar-refractivity contribution in [1.29, 1.82) is 0 Å². The second-order valence-electron chi connectivity index (χ2n) is 5.90. The molecule has 0 aliphatic carbocycles. The Hall–Kier alpha value is -2.18. The van der Waals surface area contributed by atoms with Crippen molar-refractivity contribution in [3.8, 4) is 11.6 Å². The summed E-state index contributed by atoms with van der Waals surface area (Å²) in [7, 11) is 0. The minimum absolute atomic E-state index is 0.299. The van der Waals surface area contributed by atoms with Crippen molar-refractivity contribution in [3.63, 3.8) is 0 Å². The molecule has 1 aromatic carbocycles. The Balaban J connectivity index is 1.61. The van der Waals surface area contributed by atoms with Gasteiger partial charge in [-0.05, 0) is 36.8 Å². The first-order valence-corrected chi connectivity index (χ1v) is 8.19. The van der Waals surface area contributed by atoms with Crippen LogP contribution in [0.4, 0.5) is 4.39 Å². The van der Waals surface area contributed by atoms with Crippen LogP contribution in [0.2, 0.25) is 5.02 Å². The molecule has 1 aliphatic rings. The SMILES string of the molecule is CC1NCCn2c(-c3nc(Cc4ccc(F)cc4Cl)no3)ccc21. The molecule has 124 valence electrons. The lowest BCUT2D eigenvalue weighted by Crippen LogP contribution is -2.31. The van der Waals surface area contributed by atoms with Crippen molar-refractivity contribution >= 4 is 11.6 Å². The van der Waals surface area contributed by atoms with Crippen LogP contribution >= 0.6 is 11.6 Å². The molecular formula is C17H16ClFN4O. The molecule has 0 saturated heterocycles. The van der Waals surface area contributed by atoms with E-state index in [1.54, 1.807) is 6.07 Å². The number of hydrogen-bond acceptors (Lipinski definition) is 4. The zero-order valence-electron chi connectivity index (χ0n) is 13.1. The van der Waals surface area contributed by atoms with E-state index in [2.05, 4.69) is 33.0 Å². The number of rotatable bonds is 3. The van der Waals surface area contributed by atoms with E-state index < -0.39 is 0 Å². The van der Waals surface area contributed by atoms with Gasteiger partial charge < -0.3 is 14.4 Å². The van der Waals surface area contributed by atoms with Gasteiger partial charge >= 0.3 is 0 Å². The maximum absolute atomic E-state index is 13.1. The lowest BCUT2D eigenvalue weighted by molar-refractivity contribution is 0.412. The first kappa shape index (κ1) is 15.4. The van der Waals surface area contributed by atoms with Gasteiger partial charge in [0.2, 0.25) is 0 Å². The van der Waals surface area contributed by atoms with Crippen LogP contribution in [0, 0.1) is 5.82 Å². The number of nitrogens with zero attached hydrogens (tertiary/aromatic N) is 3.